The van der Waals surface area contributed by atoms with E-state index in [0.29, 0.717) is 32.8 Å². The summed E-state index contributed by atoms with van der Waals surface area (Å²) in [7, 11) is 0. The van der Waals surface area contributed by atoms with Crippen molar-refractivity contribution in [1.82, 2.24) is 0 Å². The fraction of sp³-hybridized carbons (Fsp3) is 0.458. The van der Waals surface area contributed by atoms with Crippen molar-refractivity contribution >= 4 is 5.78 Å². The molecular weight excluding hydrogens is 336 g/mol. The van der Waals surface area contributed by atoms with Crippen molar-refractivity contribution in [3.8, 4) is 0 Å². The Morgan fingerprint density at radius 3 is 1.85 bits per heavy atom. The minimum Gasteiger partial charge on any atom is -0.379 e. The number of rotatable bonds is 12. The molecule has 3 heteroatoms. The molecule has 0 heterocycles. The number of benzene rings is 2. The maximum atomic E-state index is 13.6. The minimum absolute atomic E-state index is 0.147. The van der Waals surface area contributed by atoms with Gasteiger partial charge < -0.3 is 9.47 Å². The molecule has 0 aromatic heterocycles. The second-order valence-corrected chi connectivity index (χ2v) is 7.03. The van der Waals surface area contributed by atoms with E-state index in [9.17, 15) is 4.79 Å². The van der Waals surface area contributed by atoms with Gasteiger partial charge in [0.25, 0.3) is 0 Å². The molecule has 0 saturated heterocycles. The fourth-order valence-corrected chi connectivity index (χ4v) is 3.78. The summed E-state index contributed by atoms with van der Waals surface area (Å²) in [6.45, 7) is 8.71. The van der Waals surface area contributed by atoms with Gasteiger partial charge in [-0.15, -0.1) is 0 Å². The lowest BCUT2D eigenvalue weighted by Gasteiger charge is -2.37. The molecule has 0 bridgehead atoms. The van der Waals surface area contributed by atoms with E-state index in [1.165, 1.54) is 0 Å². The Labute approximate surface area is 163 Å². The second-order valence-electron chi connectivity index (χ2n) is 7.03. The minimum atomic E-state index is -0.631. The summed E-state index contributed by atoms with van der Waals surface area (Å²) in [6.07, 6.45) is 1.22. The number of hydrogen-bond donors (Lipinski definition) is 0. The van der Waals surface area contributed by atoms with Gasteiger partial charge in [0.1, 0.15) is 5.78 Å². The Balaban J connectivity index is 2.19. The largest absolute Gasteiger partial charge is 0.379 e. The molecule has 0 radical (unpaired) electrons. The van der Waals surface area contributed by atoms with Gasteiger partial charge in [-0.3, -0.25) is 4.79 Å². The van der Waals surface area contributed by atoms with E-state index in [4.69, 9.17) is 9.47 Å². The summed E-state index contributed by atoms with van der Waals surface area (Å²) in [5.74, 6) is 0.400. The fourth-order valence-electron chi connectivity index (χ4n) is 3.78. The van der Waals surface area contributed by atoms with Crippen molar-refractivity contribution in [2.24, 2.45) is 5.92 Å². The molecule has 27 heavy (non-hydrogen) atoms. The van der Waals surface area contributed by atoms with Gasteiger partial charge in [-0.05, 0) is 30.4 Å². The normalized spacial score (nSPS) is 11.7. The lowest BCUT2D eigenvalue weighted by molar-refractivity contribution is -0.125. The Hall–Kier alpha value is -1.97. The number of Topliss-reactive ketones (excluding diaryl/α,β-unsaturated/α-hetero) is 1. The summed E-state index contributed by atoms with van der Waals surface area (Å²) >= 11 is 0. The van der Waals surface area contributed by atoms with Gasteiger partial charge in [0, 0.05) is 19.6 Å². The zero-order valence-electron chi connectivity index (χ0n) is 16.8. The first-order chi connectivity index (χ1) is 13.1. The smallest absolute Gasteiger partial charge is 0.148 e. The van der Waals surface area contributed by atoms with E-state index in [-0.39, 0.29) is 11.7 Å². The number of ketones is 1. The highest BCUT2D eigenvalue weighted by Gasteiger charge is 2.43. The number of hydrogen-bond acceptors (Lipinski definition) is 3. The van der Waals surface area contributed by atoms with Crippen LogP contribution in [0.1, 0.15) is 44.7 Å². The first kappa shape index (κ1) is 21.3. The molecule has 2 aromatic carbocycles. The predicted octanol–water partition coefficient (Wildman–Crippen LogP) is 5.03. The van der Waals surface area contributed by atoms with Crippen molar-refractivity contribution in [3.05, 3.63) is 71.8 Å². The maximum Gasteiger partial charge on any atom is 0.148 e. The van der Waals surface area contributed by atoms with Crippen LogP contribution in [0.2, 0.25) is 0 Å². The highest BCUT2D eigenvalue weighted by Crippen LogP contribution is 2.41. The lowest BCUT2D eigenvalue weighted by atomic mass is 9.63. The van der Waals surface area contributed by atoms with Gasteiger partial charge in [-0.25, -0.2) is 0 Å². The molecule has 0 saturated carbocycles. The number of carbonyl (C=O) groups excluding carboxylic acids is 1. The lowest BCUT2D eigenvalue weighted by Crippen LogP contribution is -2.42. The van der Waals surface area contributed by atoms with E-state index < -0.39 is 5.41 Å². The van der Waals surface area contributed by atoms with Crippen LogP contribution in [0.5, 0.6) is 0 Å². The van der Waals surface area contributed by atoms with Crippen LogP contribution in [0.15, 0.2) is 60.7 Å². The van der Waals surface area contributed by atoms with Crippen LogP contribution in [-0.4, -0.2) is 32.2 Å². The van der Waals surface area contributed by atoms with Crippen LogP contribution < -0.4 is 0 Å². The number of ether oxygens (including phenoxy) is 2. The summed E-state index contributed by atoms with van der Waals surface area (Å²) in [4.78, 5) is 13.6. The van der Waals surface area contributed by atoms with E-state index >= 15 is 0 Å². The van der Waals surface area contributed by atoms with Crippen molar-refractivity contribution in [2.75, 3.05) is 26.4 Å². The number of carbonyl (C=O) groups is 1. The van der Waals surface area contributed by atoms with Crippen LogP contribution in [0.25, 0.3) is 0 Å². The van der Waals surface area contributed by atoms with Crippen molar-refractivity contribution in [3.63, 3.8) is 0 Å². The maximum absolute atomic E-state index is 13.6. The third-order valence-corrected chi connectivity index (χ3v) is 5.03. The van der Waals surface area contributed by atoms with E-state index in [1.54, 1.807) is 0 Å². The Bertz CT molecular complexity index is 625. The van der Waals surface area contributed by atoms with Crippen molar-refractivity contribution in [2.45, 2.75) is 39.0 Å². The van der Waals surface area contributed by atoms with Crippen LogP contribution in [-0.2, 0) is 19.7 Å². The van der Waals surface area contributed by atoms with Crippen LogP contribution in [0.4, 0.5) is 0 Å². The third-order valence-electron chi connectivity index (χ3n) is 5.03. The molecule has 0 atom stereocenters. The van der Waals surface area contributed by atoms with Gasteiger partial charge in [0.05, 0.1) is 18.6 Å². The molecule has 2 aromatic rings. The molecule has 0 N–H and O–H groups in total. The highest BCUT2D eigenvalue weighted by molar-refractivity contribution is 5.94. The average molecular weight is 369 g/mol. The van der Waals surface area contributed by atoms with Crippen LogP contribution in [0, 0.1) is 5.92 Å². The molecule has 0 aliphatic carbocycles. The molecule has 146 valence electrons. The van der Waals surface area contributed by atoms with E-state index in [0.717, 1.165) is 17.5 Å². The molecule has 0 aliphatic heterocycles. The summed E-state index contributed by atoms with van der Waals surface area (Å²) in [5.41, 5.74) is 1.50. The molecule has 0 spiro atoms. The van der Waals surface area contributed by atoms with Gasteiger partial charge in [-0.2, -0.15) is 0 Å². The van der Waals surface area contributed by atoms with Gasteiger partial charge in [0.15, 0.2) is 0 Å². The SMILES string of the molecule is CCOCCOCCCC(=O)C(c1ccccc1)(c1ccccc1)C(C)C. The summed E-state index contributed by atoms with van der Waals surface area (Å²) in [6, 6.07) is 20.3. The van der Waals surface area contributed by atoms with Crippen LogP contribution >= 0.6 is 0 Å². The summed E-state index contributed by atoms with van der Waals surface area (Å²) in [5, 5.41) is 0. The molecule has 3 nitrogen and oxygen atoms in total. The summed E-state index contributed by atoms with van der Waals surface area (Å²) < 4.78 is 10.9. The average Bonchev–Trinajstić information content (AvgIpc) is 2.69. The Morgan fingerprint density at radius 1 is 0.852 bits per heavy atom. The molecule has 0 aliphatic rings. The van der Waals surface area contributed by atoms with Gasteiger partial charge in [-0.1, -0.05) is 74.5 Å². The molecule has 0 unspecified atom stereocenters. The Morgan fingerprint density at radius 2 is 1.37 bits per heavy atom. The first-order valence-corrected chi connectivity index (χ1v) is 9.93. The van der Waals surface area contributed by atoms with E-state index in [2.05, 4.69) is 38.1 Å². The second kappa shape index (κ2) is 11.0. The quantitative estimate of drug-likeness (QED) is 0.493. The van der Waals surface area contributed by atoms with Crippen LogP contribution in [0.3, 0.4) is 0 Å². The molecule has 0 amide bonds. The monoisotopic (exact) mass is 368 g/mol. The van der Waals surface area contributed by atoms with Gasteiger partial charge >= 0.3 is 0 Å². The molecule has 2 rings (SSSR count). The zero-order valence-corrected chi connectivity index (χ0v) is 16.8. The van der Waals surface area contributed by atoms with Gasteiger partial charge in [0.2, 0.25) is 0 Å². The Kier molecular flexibility index (Phi) is 8.70. The van der Waals surface area contributed by atoms with Crippen molar-refractivity contribution < 1.29 is 14.3 Å². The van der Waals surface area contributed by atoms with Crippen molar-refractivity contribution in [1.29, 1.82) is 0 Å². The third kappa shape index (κ3) is 5.27. The standard InChI is InChI=1S/C24H32O3/c1-4-26-18-19-27-17-11-16-23(25)24(20(2)3,21-12-7-5-8-13-21)22-14-9-6-10-15-22/h5-10,12-15,20H,4,11,16-19H2,1-3H3. The first-order valence-electron chi connectivity index (χ1n) is 9.93. The topological polar surface area (TPSA) is 35.5 Å². The predicted molar refractivity (Wildman–Crippen MR) is 110 cm³/mol. The van der Waals surface area contributed by atoms with E-state index in [1.807, 2.05) is 43.3 Å². The molecule has 0 fully saturated rings. The highest BCUT2D eigenvalue weighted by atomic mass is 16.5. The zero-order chi connectivity index (χ0) is 19.5. The molecular formula is C24H32O3.